The average Bonchev–Trinajstić information content (AvgIpc) is 1.74. The van der Waals surface area contributed by atoms with Crippen LogP contribution in [0, 0.1) is 5.92 Å². The van der Waals surface area contributed by atoms with E-state index in [0.717, 1.165) is 9.80 Å². The number of hydrogen-bond acceptors (Lipinski definition) is 22. The lowest BCUT2D eigenvalue weighted by molar-refractivity contribution is -0.143. The maximum absolute atomic E-state index is 14.0. The first-order valence-electron chi connectivity index (χ1n) is 34.7. The van der Waals surface area contributed by atoms with Crippen LogP contribution in [-0.4, -0.2) is 282 Å². The van der Waals surface area contributed by atoms with Gasteiger partial charge < -0.3 is 129 Å². The second kappa shape index (κ2) is 46.2. The van der Waals surface area contributed by atoms with E-state index in [1.54, 1.807) is 13.8 Å². The number of aliphatic hydroxyl groups excluding tert-OH is 1. The zero-order valence-corrected chi connectivity index (χ0v) is 59.1. The molecule has 3 saturated heterocycles. The molecular formula is C62H105N23O20. The van der Waals surface area contributed by atoms with Gasteiger partial charge in [-0.2, -0.15) is 0 Å². The Morgan fingerprint density at radius 1 is 0.448 bits per heavy atom. The number of nitrogens with one attached hydrogen (secondary N) is 11. The zero-order chi connectivity index (χ0) is 78.5. The number of hydrogen-bond donors (Lipinski definition) is 21. The summed E-state index contributed by atoms with van der Waals surface area (Å²) < 4.78 is 0. The Hall–Kier alpha value is -10.6. The van der Waals surface area contributed by atoms with Crippen LogP contribution in [0.15, 0.2) is 9.98 Å². The summed E-state index contributed by atoms with van der Waals surface area (Å²) in [6, 6.07) is -13.5. The summed E-state index contributed by atoms with van der Waals surface area (Å²) in [4.78, 5) is 236. The monoisotopic (exact) mass is 1490 g/mol. The Balaban J connectivity index is 1.64. The minimum atomic E-state index is -1.66. The van der Waals surface area contributed by atoms with E-state index in [1.807, 2.05) is 0 Å². The Bertz CT molecular complexity index is 3130. The summed E-state index contributed by atoms with van der Waals surface area (Å²) in [6.07, 6.45) is 0.883. The topological polar surface area (TPSA) is 700 Å². The van der Waals surface area contributed by atoms with Crippen molar-refractivity contribution in [2.24, 2.45) is 56.0 Å². The third kappa shape index (κ3) is 31.1. The molecule has 0 aromatic rings. The number of guanidine groups is 2. The first kappa shape index (κ1) is 88.6. The average molecular weight is 1490 g/mol. The fourth-order valence-electron chi connectivity index (χ4n) is 11.6. The number of amides is 15. The summed E-state index contributed by atoms with van der Waals surface area (Å²) in [7, 11) is 0. The van der Waals surface area contributed by atoms with E-state index in [4.69, 9.17) is 40.1 Å². The number of unbranched alkanes of at least 4 members (excludes halogenated alkanes) is 1. The summed E-state index contributed by atoms with van der Waals surface area (Å²) in [5.41, 5.74) is 38.2. The molecule has 0 aromatic heterocycles. The number of carboxylic acids is 2. The van der Waals surface area contributed by atoms with Gasteiger partial charge in [0, 0.05) is 45.6 Å². The van der Waals surface area contributed by atoms with E-state index in [-0.39, 0.29) is 109 Å². The number of nitrogens with two attached hydrogens (primary N) is 7. The molecule has 3 aliphatic heterocycles. The molecule has 15 amide bonds. The Morgan fingerprint density at radius 3 is 1.26 bits per heavy atom. The Labute approximate surface area is 605 Å². The van der Waals surface area contributed by atoms with E-state index in [9.17, 15) is 96.8 Å². The highest BCUT2D eigenvalue weighted by Gasteiger charge is 2.41. The fraction of sp³-hybridized carbons (Fsp3) is 0.694. The van der Waals surface area contributed by atoms with Gasteiger partial charge in [0.15, 0.2) is 11.9 Å². The summed E-state index contributed by atoms with van der Waals surface area (Å²) in [5, 5.41) is 55.8. The second-order valence-corrected chi connectivity index (χ2v) is 25.3. The number of aliphatic hydroxyl groups is 1. The van der Waals surface area contributed by atoms with Gasteiger partial charge in [-0.25, -0.2) is 4.79 Å². The molecule has 0 bridgehead atoms. The number of aliphatic imine (C=N–C) groups is 2. The third-order valence-corrected chi connectivity index (χ3v) is 17.4. The van der Waals surface area contributed by atoms with Crippen LogP contribution >= 0.6 is 0 Å². The van der Waals surface area contributed by atoms with Crippen molar-refractivity contribution in [2.45, 2.75) is 190 Å². The van der Waals surface area contributed by atoms with Gasteiger partial charge in [0.25, 0.3) is 0 Å². The zero-order valence-electron chi connectivity index (χ0n) is 59.1. The highest BCUT2D eigenvalue weighted by molar-refractivity contribution is 5.99. The number of aliphatic carboxylic acids is 2. The van der Waals surface area contributed by atoms with Crippen LogP contribution in [0.1, 0.15) is 129 Å². The van der Waals surface area contributed by atoms with Crippen molar-refractivity contribution in [3.63, 3.8) is 0 Å². The number of primary amides is 1. The van der Waals surface area contributed by atoms with E-state index in [2.05, 4.69) is 68.5 Å². The minimum Gasteiger partial charge on any atom is -0.481 e. The maximum Gasteiger partial charge on any atom is 0.326 e. The van der Waals surface area contributed by atoms with Gasteiger partial charge in [-0.3, -0.25) is 86.7 Å². The van der Waals surface area contributed by atoms with Gasteiger partial charge in [-0.05, 0) is 109 Å². The molecule has 588 valence electrons. The molecule has 0 unspecified atom stereocenters. The van der Waals surface area contributed by atoms with Crippen molar-refractivity contribution in [3.05, 3.63) is 0 Å². The van der Waals surface area contributed by atoms with Gasteiger partial charge in [0.2, 0.25) is 88.6 Å². The normalized spacial score (nSPS) is 17.5. The predicted octanol–water partition coefficient (Wildman–Crippen LogP) is -10.7. The SMILES string of the molecule is CC[C@H](C)[C@H](NC(=O)CNC(=O)[C@H](CCC(N)=O)NC(=O)[C@@H]1CCCN1C(=O)CNC(=O)[C@H](CO)NC(=O)[C@@H]1CCCN1C(=O)CNC(=O)[C@H](CCCN=C(N)N)NC(=O)[C@@H]1CCCN1C(=O)CN)C(=O)N[C@@H](CCCN=C(N)N)C(=O)NCC(=O)N[C@@H](CCC(=O)O)C(=O)N[C@@H](CCCCN)C(=O)O. The Morgan fingerprint density at radius 2 is 0.838 bits per heavy atom. The van der Waals surface area contributed by atoms with Crippen LogP contribution < -0.4 is 98.6 Å². The molecule has 3 heterocycles. The van der Waals surface area contributed by atoms with Crippen molar-refractivity contribution in [3.8, 4) is 0 Å². The van der Waals surface area contributed by atoms with E-state index in [0.29, 0.717) is 38.6 Å². The molecule has 0 saturated carbocycles. The summed E-state index contributed by atoms with van der Waals surface area (Å²) in [6.45, 7) is -0.394. The van der Waals surface area contributed by atoms with Crippen LogP contribution in [0.2, 0.25) is 0 Å². The molecule has 0 radical (unpaired) electrons. The van der Waals surface area contributed by atoms with Crippen LogP contribution in [0.25, 0.3) is 0 Å². The highest BCUT2D eigenvalue weighted by atomic mass is 16.4. The van der Waals surface area contributed by atoms with Gasteiger partial charge in [-0.15, -0.1) is 0 Å². The molecule has 105 heavy (non-hydrogen) atoms. The van der Waals surface area contributed by atoms with Crippen molar-refractivity contribution >= 4 is 112 Å². The van der Waals surface area contributed by atoms with Crippen molar-refractivity contribution < 1.29 is 96.8 Å². The molecule has 0 aliphatic carbocycles. The molecule has 0 spiro atoms. The fourth-order valence-corrected chi connectivity index (χ4v) is 11.6. The molecule has 11 atom stereocenters. The molecule has 3 aliphatic rings. The third-order valence-electron chi connectivity index (χ3n) is 17.4. The number of rotatable bonds is 47. The van der Waals surface area contributed by atoms with Crippen LogP contribution in [0.5, 0.6) is 0 Å². The standard InChI is InChI=1S/C62H105N23O20/c1-3-33(2)50(59(103)79-35(13-7-23-71-62(68)69)51(95)72-28-44(88)76-37(18-20-49(93)94)55(99)80-38(60(104)105)11-4-5-21-63)82-45(89)29-73-53(97)36(17-19-43(65)87)78-57(101)41-15-9-25-84(41)48(92)31-75-54(98)39(32-86)81-58(102)42-16-10-26-85(42)47(91)30-74-52(96)34(12-6-22-70-61(66)67)77-56(100)40-14-8-24-83(40)46(90)27-64/h33-42,50,86H,3-32,63-64H2,1-2H3,(H2,65,87)(H,72,95)(H,73,97)(H,74,96)(H,75,98)(H,76,88)(H,77,100)(H,78,101)(H,79,103)(H,80,99)(H,81,102)(H,82,89)(H,93,94)(H,104,105)(H4,66,67,70)(H4,68,69,71)/t33-,34-,35-,36-,37-,38-,39-,40-,41-,42-,50-/m0/s1. The van der Waals surface area contributed by atoms with Crippen molar-refractivity contribution in [1.29, 1.82) is 0 Å². The lowest BCUT2D eigenvalue weighted by Gasteiger charge is -2.28. The molecule has 43 nitrogen and oxygen atoms in total. The first-order valence-corrected chi connectivity index (χ1v) is 34.7. The van der Waals surface area contributed by atoms with Gasteiger partial charge in [0.05, 0.1) is 39.3 Å². The van der Waals surface area contributed by atoms with E-state index >= 15 is 0 Å². The minimum absolute atomic E-state index is 0.0105. The van der Waals surface area contributed by atoms with Crippen molar-refractivity contribution in [1.82, 2.24) is 73.2 Å². The largest absolute Gasteiger partial charge is 0.481 e. The molecule has 0 aromatic carbocycles. The summed E-state index contributed by atoms with van der Waals surface area (Å²) >= 11 is 0. The number of carbonyl (C=O) groups is 17. The van der Waals surface area contributed by atoms with Gasteiger partial charge in [-0.1, -0.05) is 20.3 Å². The molecule has 3 rings (SSSR count). The number of carboxylic acid groups (broad SMARTS) is 2. The van der Waals surface area contributed by atoms with E-state index in [1.165, 1.54) is 4.90 Å². The van der Waals surface area contributed by atoms with E-state index < -0.39 is 225 Å². The van der Waals surface area contributed by atoms with Crippen LogP contribution in [0.4, 0.5) is 0 Å². The van der Waals surface area contributed by atoms with Crippen LogP contribution in [-0.2, 0) is 81.5 Å². The smallest absolute Gasteiger partial charge is 0.326 e. The molecule has 28 N–H and O–H groups in total. The summed E-state index contributed by atoms with van der Waals surface area (Å²) in [5.74, 6) is -16.7. The Kier molecular flexibility index (Phi) is 39.0. The van der Waals surface area contributed by atoms with Crippen molar-refractivity contribution in [2.75, 3.05) is 78.6 Å². The first-order chi connectivity index (χ1) is 49.8. The maximum atomic E-state index is 14.0. The van der Waals surface area contributed by atoms with Gasteiger partial charge >= 0.3 is 11.9 Å². The number of likely N-dealkylation sites (tertiary alicyclic amines) is 3. The quantitative estimate of drug-likeness (QED) is 0.0153. The van der Waals surface area contributed by atoms with Gasteiger partial charge in [0.1, 0.15) is 60.4 Å². The molecule has 43 heteroatoms. The molecule has 3 fully saturated rings. The number of nitrogens with zero attached hydrogens (tertiary/aromatic N) is 5. The lowest BCUT2D eigenvalue weighted by atomic mass is 9.97. The highest BCUT2D eigenvalue weighted by Crippen LogP contribution is 2.21. The lowest BCUT2D eigenvalue weighted by Crippen LogP contribution is -2.58. The predicted molar refractivity (Wildman–Crippen MR) is 371 cm³/mol. The van der Waals surface area contributed by atoms with Crippen LogP contribution in [0.3, 0.4) is 0 Å². The number of carbonyl (C=O) groups excluding carboxylic acids is 15. The molecular weight excluding hydrogens is 1390 g/mol. The second-order valence-electron chi connectivity index (χ2n) is 25.3.